The highest BCUT2D eigenvalue weighted by Crippen LogP contribution is 2.26. The van der Waals surface area contributed by atoms with Crippen LogP contribution in [0.1, 0.15) is 39.6 Å². The van der Waals surface area contributed by atoms with Gasteiger partial charge in [0.05, 0.1) is 6.61 Å². The Balaban J connectivity index is 0.000000359. The van der Waals surface area contributed by atoms with Crippen LogP contribution < -0.4 is 0 Å². The van der Waals surface area contributed by atoms with Gasteiger partial charge in [0.2, 0.25) is 0 Å². The molecule has 0 amide bonds. The number of hydrogen-bond donors (Lipinski definition) is 2. The second-order valence-corrected chi connectivity index (χ2v) is 10.4. The van der Waals surface area contributed by atoms with Gasteiger partial charge in [-0.25, -0.2) is 13.6 Å². The van der Waals surface area contributed by atoms with Gasteiger partial charge in [0, 0.05) is 32.7 Å². The van der Waals surface area contributed by atoms with Crippen LogP contribution >= 0.6 is 0 Å². The molecule has 0 atom stereocenters. The molecule has 1 aliphatic heterocycles. The lowest BCUT2D eigenvalue weighted by atomic mass is 10.0. The molecule has 1 heterocycles. The Hall–Kier alpha value is -4.11. The zero-order valence-electron chi connectivity index (χ0n) is 24.1. The van der Waals surface area contributed by atoms with Crippen LogP contribution in [0.25, 0.3) is 0 Å². The van der Waals surface area contributed by atoms with E-state index in [1.54, 1.807) is 36.4 Å². The summed E-state index contributed by atoms with van der Waals surface area (Å²) in [6, 6.07) is 29.2. The van der Waals surface area contributed by atoms with Crippen molar-refractivity contribution in [3.8, 4) is 5.75 Å². The van der Waals surface area contributed by atoms with Crippen LogP contribution in [0.5, 0.6) is 5.75 Å². The molecule has 4 aromatic carbocycles. The molecule has 4 aromatic rings. The van der Waals surface area contributed by atoms with Crippen molar-refractivity contribution in [1.29, 1.82) is 0 Å². The number of nitrogens with zero attached hydrogens (tertiary/aromatic N) is 2. The highest BCUT2D eigenvalue weighted by atomic mass is 19.1. The number of aryl methyl sites for hydroxylation is 1. The average molecular weight is 589 g/mol. The summed E-state index contributed by atoms with van der Waals surface area (Å²) in [5, 5.41) is 17.3. The van der Waals surface area contributed by atoms with Crippen molar-refractivity contribution in [1.82, 2.24) is 9.80 Å². The van der Waals surface area contributed by atoms with Crippen molar-refractivity contribution in [2.75, 3.05) is 45.9 Å². The van der Waals surface area contributed by atoms with E-state index in [1.165, 1.54) is 48.4 Å². The van der Waals surface area contributed by atoms with E-state index < -0.39 is 5.97 Å². The van der Waals surface area contributed by atoms with Gasteiger partial charge in [0.15, 0.2) is 0 Å². The van der Waals surface area contributed by atoms with E-state index in [0.29, 0.717) is 6.61 Å². The molecule has 226 valence electrons. The number of piperazine rings is 1. The van der Waals surface area contributed by atoms with Crippen LogP contribution in [0, 0.1) is 11.6 Å². The largest absolute Gasteiger partial charge is 0.507 e. The number of benzene rings is 4. The van der Waals surface area contributed by atoms with Crippen LogP contribution in [0.15, 0.2) is 103 Å². The van der Waals surface area contributed by atoms with E-state index in [9.17, 15) is 13.6 Å². The fraction of sp³-hybridized carbons (Fsp3) is 0.286. The monoisotopic (exact) mass is 588 g/mol. The van der Waals surface area contributed by atoms with Gasteiger partial charge in [0.25, 0.3) is 0 Å². The molecule has 0 saturated carbocycles. The van der Waals surface area contributed by atoms with Crippen molar-refractivity contribution in [3.05, 3.63) is 137 Å². The summed E-state index contributed by atoms with van der Waals surface area (Å²) in [6.45, 7) is 6.77. The molecular weight excluding hydrogens is 550 g/mol. The Kier molecular flexibility index (Phi) is 12.2. The summed E-state index contributed by atoms with van der Waals surface area (Å²) in [7, 11) is 0. The molecular formula is C35H38F2N2O4. The lowest BCUT2D eigenvalue weighted by Crippen LogP contribution is -2.47. The predicted octanol–water partition coefficient (Wildman–Crippen LogP) is 6.41. The second kappa shape index (κ2) is 16.5. The maximum absolute atomic E-state index is 13.4. The van der Waals surface area contributed by atoms with Gasteiger partial charge in [0.1, 0.15) is 29.1 Å². The molecule has 5 rings (SSSR count). The van der Waals surface area contributed by atoms with Gasteiger partial charge in [-0.05, 0) is 72.5 Å². The van der Waals surface area contributed by atoms with Crippen molar-refractivity contribution >= 4 is 5.97 Å². The molecule has 1 aliphatic rings. The van der Waals surface area contributed by atoms with E-state index >= 15 is 0 Å². The number of rotatable bonds is 11. The van der Waals surface area contributed by atoms with Gasteiger partial charge < -0.3 is 19.8 Å². The molecule has 8 heteroatoms. The number of carboxylic acids is 1. The number of aromatic carboxylic acids is 1. The summed E-state index contributed by atoms with van der Waals surface area (Å²) in [5.74, 6) is -1.87. The zero-order valence-corrected chi connectivity index (χ0v) is 24.1. The molecule has 0 unspecified atom stereocenters. The fourth-order valence-electron chi connectivity index (χ4n) is 5.00. The third kappa shape index (κ3) is 10.3. The van der Waals surface area contributed by atoms with Gasteiger partial charge >= 0.3 is 5.97 Å². The smallest absolute Gasteiger partial charge is 0.339 e. The molecule has 1 fully saturated rings. The first-order valence-corrected chi connectivity index (χ1v) is 14.5. The zero-order chi connectivity index (χ0) is 30.4. The Morgan fingerprint density at radius 2 is 1.23 bits per heavy atom. The number of carbonyl (C=O) groups is 1. The quantitative estimate of drug-likeness (QED) is 0.211. The van der Waals surface area contributed by atoms with Gasteiger partial charge in [-0.15, -0.1) is 0 Å². The fourth-order valence-corrected chi connectivity index (χ4v) is 5.00. The topological polar surface area (TPSA) is 73.2 Å². The Morgan fingerprint density at radius 3 is 1.74 bits per heavy atom. The van der Waals surface area contributed by atoms with Crippen LogP contribution in [0.3, 0.4) is 0 Å². The first-order chi connectivity index (χ1) is 20.9. The van der Waals surface area contributed by atoms with Crippen molar-refractivity contribution < 1.29 is 28.5 Å². The van der Waals surface area contributed by atoms with E-state index in [-0.39, 0.29) is 29.1 Å². The van der Waals surface area contributed by atoms with Gasteiger partial charge in [-0.2, -0.15) is 0 Å². The number of hydrogen-bond acceptors (Lipinski definition) is 5. The van der Waals surface area contributed by atoms with E-state index in [2.05, 4.69) is 40.1 Å². The Morgan fingerprint density at radius 1 is 0.721 bits per heavy atom. The van der Waals surface area contributed by atoms with Crippen molar-refractivity contribution in [3.63, 3.8) is 0 Å². The molecule has 0 aliphatic carbocycles. The van der Waals surface area contributed by atoms with Crippen molar-refractivity contribution in [2.45, 2.75) is 18.9 Å². The molecule has 6 nitrogen and oxygen atoms in total. The van der Waals surface area contributed by atoms with E-state index in [0.717, 1.165) is 56.8 Å². The van der Waals surface area contributed by atoms with E-state index in [1.807, 2.05) is 0 Å². The summed E-state index contributed by atoms with van der Waals surface area (Å²) in [6.07, 6.45) is 1.97. The molecule has 43 heavy (non-hydrogen) atoms. The highest BCUT2D eigenvalue weighted by molar-refractivity contribution is 5.90. The molecule has 1 saturated heterocycles. The Labute approximate surface area is 251 Å². The molecule has 0 bridgehead atoms. The second-order valence-electron chi connectivity index (χ2n) is 10.4. The summed E-state index contributed by atoms with van der Waals surface area (Å²) < 4.78 is 33.0. The molecule has 0 spiro atoms. The average Bonchev–Trinajstić information content (AvgIpc) is 3.02. The SMILES string of the molecule is Fc1ccc(C(OCCN2CCN(CCCc3ccccc3)CC2)c2ccc(F)cc2)cc1.O=C(O)c1ccccc1O. The number of carboxylic acid groups (broad SMARTS) is 1. The highest BCUT2D eigenvalue weighted by Gasteiger charge is 2.19. The number of para-hydroxylation sites is 1. The first-order valence-electron chi connectivity index (χ1n) is 14.5. The number of ether oxygens (including phenoxy) is 1. The minimum atomic E-state index is -1.11. The van der Waals surface area contributed by atoms with Crippen LogP contribution in [0.4, 0.5) is 8.78 Å². The molecule has 0 radical (unpaired) electrons. The summed E-state index contributed by atoms with van der Waals surface area (Å²) in [4.78, 5) is 15.2. The van der Waals surface area contributed by atoms with Crippen LogP contribution in [0.2, 0.25) is 0 Å². The minimum absolute atomic E-state index is 0.0671. The minimum Gasteiger partial charge on any atom is -0.507 e. The van der Waals surface area contributed by atoms with Crippen molar-refractivity contribution in [2.24, 2.45) is 0 Å². The molecule has 0 aromatic heterocycles. The maximum Gasteiger partial charge on any atom is 0.339 e. The third-order valence-electron chi connectivity index (χ3n) is 7.42. The summed E-state index contributed by atoms with van der Waals surface area (Å²) in [5.41, 5.74) is 3.07. The standard InChI is InChI=1S/C28H32F2N2O.C7H6O3/c29-26-12-8-24(9-13-26)28(25-10-14-27(30)15-11-25)33-22-21-32-19-17-31(18-20-32)16-4-7-23-5-2-1-3-6-23;8-6-4-2-1-3-5(6)7(9)10/h1-3,5-6,8-15,28H,4,7,16-22H2;1-4,8H,(H,9,10). The lowest BCUT2D eigenvalue weighted by molar-refractivity contribution is 0.0451. The van der Waals surface area contributed by atoms with Gasteiger partial charge in [-0.3, -0.25) is 4.90 Å². The third-order valence-corrected chi connectivity index (χ3v) is 7.42. The predicted molar refractivity (Wildman–Crippen MR) is 163 cm³/mol. The number of halogens is 2. The lowest BCUT2D eigenvalue weighted by Gasteiger charge is -2.35. The van der Waals surface area contributed by atoms with Crippen LogP contribution in [-0.4, -0.2) is 71.9 Å². The first kappa shape index (κ1) is 31.8. The summed E-state index contributed by atoms with van der Waals surface area (Å²) >= 11 is 0. The van der Waals surface area contributed by atoms with Gasteiger partial charge in [-0.1, -0.05) is 66.7 Å². The number of phenols is 1. The maximum atomic E-state index is 13.4. The van der Waals surface area contributed by atoms with E-state index in [4.69, 9.17) is 14.9 Å². The van der Waals surface area contributed by atoms with Crippen LogP contribution in [-0.2, 0) is 11.2 Å². The Bertz CT molecular complexity index is 1350. The number of aromatic hydroxyl groups is 1. The molecule has 2 N–H and O–H groups in total. The normalized spacial score (nSPS) is 13.8.